The third kappa shape index (κ3) is 7.60. The molecule has 0 unspecified atom stereocenters. The van der Waals surface area contributed by atoms with E-state index in [1.165, 1.54) is 0 Å². The molecule has 0 fully saturated rings. The molecule has 3 rings (SSSR count). The van der Waals surface area contributed by atoms with Crippen LogP contribution in [-0.4, -0.2) is 36.5 Å². The first-order chi connectivity index (χ1) is 18.0. The average molecular weight is 517 g/mol. The Hall–Kier alpha value is -3.79. The first kappa shape index (κ1) is 27.8. The lowest BCUT2D eigenvalue weighted by molar-refractivity contribution is 0.281. The van der Waals surface area contributed by atoms with Crippen LogP contribution >= 0.6 is 0 Å². The van der Waals surface area contributed by atoms with E-state index < -0.39 is 15.1 Å². The van der Waals surface area contributed by atoms with E-state index in [2.05, 4.69) is 19.7 Å². The van der Waals surface area contributed by atoms with Gasteiger partial charge in [-0.1, -0.05) is 36.4 Å². The van der Waals surface area contributed by atoms with Crippen LogP contribution in [0.2, 0.25) is 0 Å². The lowest BCUT2D eigenvalue weighted by atomic mass is 10.1. The van der Waals surface area contributed by atoms with Crippen LogP contribution in [0.4, 0.5) is 0 Å². The monoisotopic (exact) mass is 516 g/mol. The van der Waals surface area contributed by atoms with Gasteiger partial charge in [-0.25, -0.2) is 0 Å². The average Bonchev–Trinajstić information content (AvgIpc) is 2.91. The molecule has 0 saturated heterocycles. The summed E-state index contributed by atoms with van der Waals surface area (Å²) < 4.78 is 35.8. The summed E-state index contributed by atoms with van der Waals surface area (Å²) in [6.07, 6.45) is 7.66. The van der Waals surface area contributed by atoms with E-state index in [0.717, 1.165) is 16.7 Å². The maximum atomic E-state index is 6.33. The number of hydrogen-bond acceptors (Lipinski definition) is 6. The fraction of sp³-hybridized carbons (Fsp3) is 0.200. The van der Waals surface area contributed by atoms with Crippen LogP contribution in [0, 0.1) is 0 Å². The summed E-state index contributed by atoms with van der Waals surface area (Å²) in [5.41, 5.74) is 3.16. The molecule has 0 aliphatic carbocycles. The van der Waals surface area contributed by atoms with Crippen molar-refractivity contribution in [1.82, 2.24) is 0 Å². The minimum absolute atomic E-state index is 0.511. The van der Waals surface area contributed by atoms with Crippen molar-refractivity contribution in [2.24, 2.45) is 0 Å². The number of rotatable bonds is 15. The summed E-state index contributed by atoms with van der Waals surface area (Å²) in [6, 6.07) is 17.2. The summed E-state index contributed by atoms with van der Waals surface area (Å²) >= 11 is -2.94. The third-order valence-corrected chi connectivity index (χ3v) is 6.83. The Balaban J connectivity index is 1.97. The van der Waals surface area contributed by atoms with E-state index in [-0.39, 0.29) is 0 Å². The van der Waals surface area contributed by atoms with E-state index in [1.54, 1.807) is 21.3 Å². The molecule has 0 aliphatic rings. The van der Waals surface area contributed by atoms with Crippen molar-refractivity contribution in [1.29, 1.82) is 0 Å². The van der Waals surface area contributed by atoms with Crippen molar-refractivity contribution in [3.8, 4) is 34.5 Å². The molecule has 0 aromatic heterocycles. The highest BCUT2D eigenvalue weighted by Crippen LogP contribution is 2.34. The molecule has 0 spiro atoms. The van der Waals surface area contributed by atoms with Crippen LogP contribution in [0.25, 0.3) is 0 Å². The van der Waals surface area contributed by atoms with Crippen molar-refractivity contribution in [2.75, 3.05) is 21.3 Å². The van der Waals surface area contributed by atoms with Crippen LogP contribution in [0.1, 0.15) is 16.7 Å². The van der Waals surface area contributed by atoms with E-state index >= 15 is 0 Å². The van der Waals surface area contributed by atoms with Crippen LogP contribution in [0.15, 0.2) is 92.6 Å². The molecule has 37 heavy (non-hydrogen) atoms. The van der Waals surface area contributed by atoms with Crippen LogP contribution < -0.4 is 25.6 Å². The van der Waals surface area contributed by atoms with Gasteiger partial charge in [-0.2, -0.15) is 0 Å². The smallest absolute Gasteiger partial charge is 0.575 e. The van der Waals surface area contributed by atoms with Crippen LogP contribution in [0.3, 0.4) is 0 Å². The van der Waals surface area contributed by atoms with Gasteiger partial charge in [0, 0.05) is 0 Å². The van der Waals surface area contributed by atoms with Gasteiger partial charge in [0.1, 0.15) is 17.2 Å². The lowest BCUT2D eigenvalue weighted by Crippen LogP contribution is -2.37. The molecule has 0 aliphatic heterocycles. The Labute approximate surface area is 224 Å². The summed E-state index contributed by atoms with van der Waals surface area (Å²) in [7, 11) is 4.79. The zero-order valence-electron chi connectivity index (χ0n) is 21.7. The van der Waals surface area contributed by atoms with Crippen molar-refractivity contribution < 1.29 is 25.6 Å². The second-order valence-corrected chi connectivity index (χ2v) is 9.36. The van der Waals surface area contributed by atoms with Gasteiger partial charge >= 0.3 is 15.1 Å². The van der Waals surface area contributed by atoms with Gasteiger partial charge in [0.15, 0.2) is 17.2 Å². The molecule has 3 aromatic carbocycles. The van der Waals surface area contributed by atoms with Crippen molar-refractivity contribution in [3.05, 3.63) is 109 Å². The maximum absolute atomic E-state index is 6.33. The van der Waals surface area contributed by atoms with Gasteiger partial charge in [-0.3, -0.25) is 0 Å². The standard InChI is InChI=1S/3C10H12O2.Al/c3*1-3-4-8-5-6-9(11)10(7-8)12-2;/h3*3,5-7,11H,1,4H2,2H3;/q;;;+3/p-3. The van der Waals surface area contributed by atoms with Gasteiger partial charge in [0.05, 0.1) is 21.3 Å². The Morgan fingerprint density at radius 1 is 0.514 bits per heavy atom. The Bertz CT molecular complexity index is 1070. The molecular weight excluding hydrogens is 483 g/mol. The minimum atomic E-state index is -2.94. The highest BCUT2D eigenvalue weighted by molar-refractivity contribution is 6.39. The fourth-order valence-corrected chi connectivity index (χ4v) is 5.04. The van der Waals surface area contributed by atoms with E-state index in [0.29, 0.717) is 53.8 Å². The SMILES string of the molecule is C=CCc1ccc([O][Al]([O]c2ccc(CC=C)cc2OC)[O]c2ccc(CC=C)cc2OC)c(OC)c1. The molecular formula is C30H33AlO6. The second-order valence-electron chi connectivity index (χ2n) is 8.08. The number of hydrogen-bond donors (Lipinski definition) is 0. The number of benzene rings is 3. The van der Waals surface area contributed by atoms with Crippen molar-refractivity contribution in [3.63, 3.8) is 0 Å². The number of ether oxygens (including phenoxy) is 3. The van der Waals surface area contributed by atoms with Crippen molar-refractivity contribution in [2.45, 2.75) is 19.3 Å². The topological polar surface area (TPSA) is 55.4 Å². The van der Waals surface area contributed by atoms with Crippen molar-refractivity contribution >= 4 is 15.1 Å². The zero-order valence-corrected chi connectivity index (χ0v) is 22.9. The van der Waals surface area contributed by atoms with E-state index in [4.69, 9.17) is 25.6 Å². The molecule has 0 amide bonds. The van der Waals surface area contributed by atoms with Gasteiger partial charge in [0.25, 0.3) is 0 Å². The quantitative estimate of drug-likeness (QED) is 0.172. The first-order valence-corrected chi connectivity index (χ1v) is 13.3. The summed E-state index contributed by atoms with van der Waals surface area (Å²) in [5, 5.41) is 0. The first-order valence-electron chi connectivity index (χ1n) is 11.9. The highest BCUT2D eigenvalue weighted by Gasteiger charge is 2.46. The van der Waals surface area contributed by atoms with Gasteiger partial charge < -0.3 is 25.6 Å². The molecule has 0 bridgehead atoms. The number of allylic oxidation sites excluding steroid dienone is 3. The molecule has 3 aromatic rings. The Morgan fingerprint density at radius 2 is 0.811 bits per heavy atom. The zero-order chi connectivity index (χ0) is 26.6. The van der Waals surface area contributed by atoms with Gasteiger partial charge in [-0.15, -0.1) is 19.7 Å². The highest BCUT2D eigenvalue weighted by atomic mass is 27.3. The van der Waals surface area contributed by atoms with Crippen LogP contribution in [0.5, 0.6) is 34.5 Å². The second kappa shape index (κ2) is 14.1. The Kier molecular flexibility index (Phi) is 10.6. The van der Waals surface area contributed by atoms with Gasteiger partial charge in [0.2, 0.25) is 0 Å². The molecule has 6 nitrogen and oxygen atoms in total. The predicted octanol–water partition coefficient (Wildman–Crippen LogP) is 6.42. The van der Waals surface area contributed by atoms with E-state index in [1.807, 2.05) is 72.8 Å². The summed E-state index contributed by atoms with van der Waals surface area (Å²) in [5.74, 6) is 3.26. The molecule has 0 saturated carbocycles. The summed E-state index contributed by atoms with van der Waals surface area (Å²) in [4.78, 5) is 0. The molecule has 0 N–H and O–H groups in total. The largest absolute Gasteiger partial charge is 1.20 e. The van der Waals surface area contributed by atoms with Gasteiger partial charge in [-0.05, 0) is 72.4 Å². The van der Waals surface area contributed by atoms with E-state index in [9.17, 15) is 0 Å². The maximum Gasteiger partial charge on any atom is 1.20 e. The fourth-order valence-electron chi connectivity index (χ4n) is 3.69. The Morgan fingerprint density at radius 3 is 1.05 bits per heavy atom. The molecule has 192 valence electrons. The van der Waals surface area contributed by atoms with Crippen LogP contribution in [-0.2, 0) is 19.3 Å². The third-order valence-electron chi connectivity index (χ3n) is 5.49. The number of methoxy groups -OCH3 is 3. The molecule has 0 heterocycles. The molecule has 0 atom stereocenters. The summed E-state index contributed by atoms with van der Waals surface area (Å²) in [6.45, 7) is 11.4. The minimum Gasteiger partial charge on any atom is -0.575 e. The molecule has 7 heteroatoms. The molecule has 0 radical (unpaired) electrons. The normalized spacial score (nSPS) is 10.1. The lowest BCUT2D eigenvalue weighted by Gasteiger charge is -2.21. The predicted molar refractivity (Wildman–Crippen MR) is 148 cm³/mol.